The molecule has 1 saturated heterocycles. The van der Waals surface area contributed by atoms with Gasteiger partial charge in [-0.1, -0.05) is 51.1 Å². The molecule has 0 radical (unpaired) electrons. The van der Waals surface area contributed by atoms with Gasteiger partial charge in [-0.05, 0) is 24.1 Å². The van der Waals surface area contributed by atoms with Crippen LogP contribution in [0.5, 0.6) is 0 Å². The van der Waals surface area contributed by atoms with Crippen molar-refractivity contribution in [3.63, 3.8) is 0 Å². The molecule has 1 fully saturated rings. The zero-order valence-electron chi connectivity index (χ0n) is 19.0. The van der Waals surface area contributed by atoms with Crippen molar-refractivity contribution in [2.75, 3.05) is 6.61 Å². The lowest BCUT2D eigenvalue weighted by Crippen LogP contribution is -2.53. The van der Waals surface area contributed by atoms with Crippen LogP contribution in [0.1, 0.15) is 44.1 Å². The first-order chi connectivity index (χ1) is 15.6. The first kappa shape index (κ1) is 23.7. The number of hydrogen-bond acceptors (Lipinski definition) is 6. The van der Waals surface area contributed by atoms with E-state index < -0.39 is 18.9 Å². The largest absolute Gasteiger partial charge is 0.441 e. The summed E-state index contributed by atoms with van der Waals surface area (Å²) in [5.41, 5.74) is 0.371. The lowest BCUT2D eigenvalue weighted by atomic mass is 9.90. The molecule has 3 heterocycles. The van der Waals surface area contributed by atoms with E-state index in [0.29, 0.717) is 34.0 Å². The summed E-state index contributed by atoms with van der Waals surface area (Å²) >= 11 is 0.609. The molecule has 0 bridgehead atoms. The van der Waals surface area contributed by atoms with Crippen molar-refractivity contribution in [3.8, 4) is 0 Å². The van der Waals surface area contributed by atoms with E-state index in [2.05, 4.69) is 15.0 Å². The van der Waals surface area contributed by atoms with Crippen molar-refractivity contribution in [1.82, 2.24) is 19.3 Å². The van der Waals surface area contributed by atoms with Crippen LogP contribution in [0.4, 0.5) is 0 Å². The van der Waals surface area contributed by atoms with Crippen LogP contribution in [0.25, 0.3) is 12.2 Å². The summed E-state index contributed by atoms with van der Waals surface area (Å²) in [4.78, 5) is 36.6. The molecular formula is C22H26AlN4O5P. The van der Waals surface area contributed by atoms with E-state index in [1.54, 1.807) is 12.1 Å². The molecule has 0 aliphatic carbocycles. The second kappa shape index (κ2) is 9.05. The Hall–Kier alpha value is -2.47. The molecule has 1 aromatic carbocycles. The number of hydrogen-bond donors (Lipinski definition) is 2. The van der Waals surface area contributed by atoms with Crippen LogP contribution < -0.4 is 21.8 Å². The standard InChI is InChI=1S/C22H24N4O5P.Al.2H/c1-22(2,3)19-16(23-14-24-19)13-18-20(27)25-17(12-15-8-5-4-6-9-15)21(28)26(18)32(29)30-10-7-11-31-32;;;/h4-6,8-10,12-14H,7,11H2,1-3H3,(H,23,24)(H,25,27);;;/b17-12-,18-13-;;;. The molecule has 1 aliphatic heterocycles. The highest BCUT2D eigenvalue weighted by Gasteiger charge is 2.36. The lowest BCUT2D eigenvalue weighted by Gasteiger charge is -2.28. The zero-order valence-corrected chi connectivity index (χ0v) is 21.9. The summed E-state index contributed by atoms with van der Waals surface area (Å²) in [5.74, 6) is 0. The van der Waals surface area contributed by atoms with Crippen molar-refractivity contribution >= 4 is 36.2 Å². The third-order valence-electron chi connectivity index (χ3n) is 5.27. The summed E-state index contributed by atoms with van der Waals surface area (Å²) in [7, 11) is -4.10. The molecule has 0 amide bonds. The molecule has 0 saturated carbocycles. The quantitative estimate of drug-likeness (QED) is 0.415. The monoisotopic (exact) mass is 484 g/mol. The highest BCUT2D eigenvalue weighted by atomic mass is 31.2. The number of benzene rings is 1. The van der Waals surface area contributed by atoms with Crippen LogP contribution in [0.15, 0.2) is 46.2 Å². The first-order valence-electron chi connectivity index (χ1n) is 10.7. The minimum atomic E-state index is -4.10. The van der Waals surface area contributed by atoms with E-state index in [-0.39, 0.29) is 27.7 Å². The highest BCUT2D eigenvalue weighted by Crippen LogP contribution is 2.50. The van der Waals surface area contributed by atoms with Gasteiger partial charge < -0.3 is 14.5 Å². The Labute approximate surface area is 198 Å². The van der Waals surface area contributed by atoms with E-state index in [0.717, 1.165) is 10.0 Å². The van der Waals surface area contributed by atoms with Crippen LogP contribution in [-0.2, 0) is 19.0 Å². The van der Waals surface area contributed by atoms with Gasteiger partial charge in [-0.25, -0.2) is 13.9 Å². The maximum Gasteiger partial charge on any atom is 0.441 e. The molecule has 0 spiro atoms. The number of aromatic nitrogens is 4. The first-order valence-corrected chi connectivity index (χ1v) is 13.3. The summed E-state index contributed by atoms with van der Waals surface area (Å²) < 4.78 is 25.9. The fourth-order valence-electron chi connectivity index (χ4n) is 3.64. The van der Waals surface area contributed by atoms with Crippen LogP contribution in [-0.4, -0.2) is 47.2 Å². The van der Waals surface area contributed by atoms with Gasteiger partial charge in [-0.15, -0.1) is 0 Å². The maximum atomic E-state index is 13.8. The predicted molar refractivity (Wildman–Crippen MR) is 128 cm³/mol. The van der Waals surface area contributed by atoms with Crippen molar-refractivity contribution in [3.05, 3.63) is 85.0 Å². The SMILES string of the molecule is CC(C)(C)c1[nH]cnc1/C=c1/c(=O)[nH]/c(=C\c2ccccc2)c(=O)n1P1(=O)OCC[CH]([AlH2])O1. The third kappa shape index (κ3) is 4.91. The van der Waals surface area contributed by atoms with Gasteiger partial charge in [0.2, 0.25) is 0 Å². The minimum absolute atomic E-state index is 0.0145. The van der Waals surface area contributed by atoms with Gasteiger partial charge in [0.05, 0.1) is 18.6 Å². The summed E-state index contributed by atoms with van der Waals surface area (Å²) in [6.07, 6.45) is 5.09. The van der Waals surface area contributed by atoms with Gasteiger partial charge in [0.15, 0.2) is 0 Å². The Bertz CT molecular complexity index is 1450. The molecule has 11 heteroatoms. The minimum Gasteiger partial charge on any atom is -0.348 e. The molecule has 2 aromatic heterocycles. The number of imidazole rings is 1. The highest BCUT2D eigenvalue weighted by molar-refractivity contribution is 7.52. The van der Waals surface area contributed by atoms with Gasteiger partial charge in [0, 0.05) is 16.1 Å². The van der Waals surface area contributed by atoms with E-state index in [9.17, 15) is 14.2 Å². The molecule has 2 N–H and O–H groups in total. The topological polar surface area (TPSA) is 119 Å². The Kier molecular flexibility index (Phi) is 6.50. The van der Waals surface area contributed by atoms with Gasteiger partial charge in [-0.3, -0.25) is 14.1 Å². The van der Waals surface area contributed by atoms with Crippen LogP contribution in [0, 0.1) is 0 Å². The van der Waals surface area contributed by atoms with Crippen molar-refractivity contribution < 1.29 is 13.6 Å². The van der Waals surface area contributed by atoms with Gasteiger partial charge >= 0.3 is 7.75 Å². The number of nitrogens with zero attached hydrogens (tertiary/aromatic N) is 2. The van der Waals surface area contributed by atoms with E-state index in [1.165, 1.54) is 18.5 Å². The molecular weight excluding hydrogens is 458 g/mol. The zero-order chi connectivity index (χ0) is 23.8. The number of H-pyrrole nitrogens is 2. The lowest BCUT2D eigenvalue weighted by molar-refractivity contribution is 0.118. The van der Waals surface area contributed by atoms with Crippen LogP contribution in [0.2, 0.25) is 0 Å². The Balaban J connectivity index is 2.06. The maximum absolute atomic E-state index is 13.8. The normalized spacial score (nSPS) is 22.6. The average molecular weight is 484 g/mol. The molecule has 9 nitrogen and oxygen atoms in total. The van der Waals surface area contributed by atoms with Crippen molar-refractivity contribution in [2.45, 2.75) is 37.6 Å². The predicted octanol–water partition coefficient (Wildman–Crippen LogP) is 0.567. The van der Waals surface area contributed by atoms with Crippen molar-refractivity contribution in [2.24, 2.45) is 0 Å². The Morgan fingerprint density at radius 2 is 1.94 bits per heavy atom. The van der Waals surface area contributed by atoms with Gasteiger partial charge in [-0.2, -0.15) is 0 Å². The number of aromatic amines is 2. The summed E-state index contributed by atoms with van der Waals surface area (Å²) in [5, 5.41) is -0.152. The van der Waals surface area contributed by atoms with Crippen LogP contribution >= 0.6 is 7.75 Å². The fourth-order valence-corrected chi connectivity index (χ4v) is 6.58. The smallest absolute Gasteiger partial charge is 0.348 e. The number of rotatable bonds is 3. The fraction of sp³-hybridized carbons (Fsp3) is 0.318. The molecule has 2 atom stereocenters. The second-order valence-corrected chi connectivity index (χ2v) is 12.1. The Morgan fingerprint density at radius 3 is 2.61 bits per heavy atom. The number of nitrogens with one attached hydrogen (secondary N) is 2. The van der Waals surface area contributed by atoms with Crippen molar-refractivity contribution in [1.29, 1.82) is 0 Å². The summed E-state index contributed by atoms with van der Waals surface area (Å²) in [6.45, 7) is 6.16. The molecule has 4 rings (SSSR count). The molecule has 172 valence electrons. The summed E-state index contributed by atoms with van der Waals surface area (Å²) in [6, 6.07) is 9.08. The van der Waals surface area contributed by atoms with Gasteiger partial charge in [0.1, 0.15) is 10.7 Å². The van der Waals surface area contributed by atoms with E-state index >= 15 is 0 Å². The third-order valence-corrected chi connectivity index (χ3v) is 8.50. The average Bonchev–Trinajstić information content (AvgIpc) is 3.21. The van der Waals surface area contributed by atoms with E-state index in [4.69, 9.17) is 9.05 Å². The molecule has 33 heavy (non-hydrogen) atoms. The molecule has 2 unspecified atom stereocenters. The van der Waals surface area contributed by atoms with E-state index in [1.807, 2.05) is 39.0 Å². The molecule has 3 aromatic rings. The molecule has 1 aliphatic rings. The van der Waals surface area contributed by atoms with Gasteiger partial charge in [0.25, 0.3) is 27.4 Å². The Morgan fingerprint density at radius 1 is 1.21 bits per heavy atom. The van der Waals surface area contributed by atoms with Crippen LogP contribution in [0.3, 0.4) is 0 Å². The second-order valence-electron chi connectivity index (χ2n) is 8.99.